The SMILES string of the molecule is O=C(c1cccc(OCc2cscn2)c1)N1CCC2(CCNC2)CC1. The van der Waals surface area contributed by atoms with E-state index in [0.717, 1.165) is 44.7 Å². The lowest BCUT2D eigenvalue weighted by Gasteiger charge is -2.38. The van der Waals surface area contributed by atoms with E-state index in [1.54, 1.807) is 16.8 Å². The van der Waals surface area contributed by atoms with Crippen molar-refractivity contribution in [1.82, 2.24) is 15.2 Å². The number of rotatable bonds is 4. The Morgan fingerprint density at radius 1 is 1.32 bits per heavy atom. The normalized spacial score (nSPS) is 19.3. The number of ether oxygens (including phenoxy) is 1. The Bertz CT molecular complexity index is 716. The first-order valence-corrected chi connectivity index (χ1v) is 9.78. The predicted octanol–water partition coefficient (Wildman–Crippen LogP) is 2.94. The van der Waals surface area contributed by atoms with E-state index in [2.05, 4.69) is 10.3 Å². The fraction of sp³-hybridized carbons (Fsp3) is 0.474. The van der Waals surface area contributed by atoms with Gasteiger partial charge in [0.2, 0.25) is 0 Å². The average Bonchev–Trinajstić information content (AvgIpc) is 3.33. The van der Waals surface area contributed by atoms with Crippen molar-refractivity contribution in [1.29, 1.82) is 0 Å². The molecule has 1 amide bonds. The molecule has 1 aromatic carbocycles. The molecule has 25 heavy (non-hydrogen) atoms. The number of benzene rings is 1. The van der Waals surface area contributed by atoms with Crippen molar-refractivity contribution in [2.75, 3.05) is 26.2 Å². The van der Waals surface area contributed by atoms with E-state index in [-0.39, 0.29) is 5.91 Å². The number of nitrogens with zero attached hydrogens (tertiary/aromatic N) is 2. The Hall–Kier alpha value is -1.92. The minimum atomic E-state index is 0.111. The second-order valence-corrected chi connectivity index (χ2v) is 7.73. The van der Waals surface area contributed by atoms with E-state index in [0.29, 0.717) is 23.3 Å². The number of nitrogens with one attached hydrogen (secondary N) is 1. The number of carbonyl (C=O) groups is 1. The zero-order valence-corrected chi connectivity index (χ0v) is 15.1. The summed E-state index contributed by atoms with van der Waals surface area (Å²) in [6.45, 7) is 4.36. The molecule has 2 aromatic rings. The van der Waals surface area contributed by atoms with Gasteiger partial charge in [0.25, 0.3) is 5.91 Å². The molecule has 0 radical (unpaired) electrons. The van der Waals surface area contributed by atoms with Gasteiger partial charge in [0, 0.05) is 30.6 Å². The maximum atomic E-state index is 12.8. The Kier molecular flexibility index (Phi) is 4.72. The lowest BCUT2D eigenvalue weighted by atomic mass is 9.78. The van der Waals surface area contributed by atoms with Crippen LogP contribution in [0.4, 0.5) is 0 Å². The highest BCUT2D eigenvalue weighted by Crippen LogP contribution is 2.37. The van der Waals surface area contributed by atoms with Crippen molar-refractivity contribution >= 4 is 17.2 Å². The van der Waals surface area contributed by atoms with Crippen LogP contribution in [0.1, 0.15) is 35.3 Å². The molecule has 0 bridgehead atoms. The molecular formula is C19H23N3O2S. The zero-order valence-electron chi connectivity index (χ0n) is 14.2. The molecule has 1 aromatic heterocycles. The van der Waals surface area contributed by atoms with Gasteiger partial charge >= 0.3 is 0 Å². The quantitative estimate of drug-likeness (QED) is 0.914. The molecule has 2 aliphatic heterocycles. The van der Waals surface area contributed by atoms with Crippen molar-refractivity contribution in [2.24, 2.45) is 5.41 Å². The van der Waals surface area contributed by atoms with Gasteiger partial charge in [0.1, 0.15) is 12.4 Å². The summed E-state index contributed by atoms with van der Waals surface area (Å²) in [5, 5.41) is 5.44. The van der Waals surface area contributed by atoms with Gasteiger partial charge in [-0.25, -0.2) is 4.98 Å². The first kappa shape index (κ1) is 16.5. The summed E-state index contributed by atoms with van der Waals surface area (Å²) in [4.78, 5) is 19.0. The fourth-order valence-corrected chi connectivity index (χ4v) is 4.32. The summed E-state index contributed by atoms with van der Waals surface area (Å²) in [6, 6.07) is 7.49. The molecule has 4 rings (SSSR count). The van der Waals surface area contributed by atoms with Crippen molar-refractivity contribution in [3.63, 3.8) is 0 Å². The molecule has 2 fully saturated rings. The molecule has 2 saturated heterocycles. The molecular weight excluding hydrogens is 334 g/mol. The van der Waals surface area contributed by atoms with Crippen LogP contribution in [-0.4, -0.2) is 42.0 Å². The highest BCUT2D eigenvalue weighted by Gasteiger charge is 2.38. The Morgan fingerprint density at radius 3 is 2.92 bits per heavy atom. The first-order chi connectivity index (χ1) is 12.2. The van der Waals surface area contributed by atoms with Gasteiger partial charge in [-0.2, -0.15) is 0 Å². The van der Waals surface area contributed by atoms with Crippen LogP contribution in [0.3, 0.4) is 0 Å². The average molecular weight is 357 g/mol. The Morgan fingerprint density at radius 2 is 2.20 bits per heavy atom. The molecule has 132 valence electrons. The summed E-state index contributed by atoms with van der Waals surface area (Å²) in [5.41, 5.74) is 3.83. The van der Waals surface area contributed by atoms with Gasteiger partial charge in [0.15, 0.2) is 0 Å². The maximum Gasteiger partial charge on any atom is 0.253 e. The van der Waals surface area contributed by atoms with Gasteiger partial charge < -0.3 is 15.0 Å². The van der Waals surface area contributed by atoms with E-state index in [1.807, 2.05) is 34.5 Å². The van der Waals surface area contributed by atoms with Crippen LogP contribution in [0.25, 0.3) is 0 Å². The number of carbonyl (C=O) groups excluding carboxylic acids is 1. The number of thiazole rings is 1. The van der Waals surface area contributed by atoms with Gasteiger partial charge in [-0.15, -0.1) is 11.3 Å². The summed E-state index contributed by atoms with van der Waals surface area (Å²) in [6.07, 6.45) is 3.45. The van der Waals surface area contributed by atoms with Crippen molar-refractivity contribution in [3.05, 3.63) is 46.4 Å². The highest BCUT2D eigenvalue weighted by atomic mass is 32.1. The lowest BCUT2D eigenvalue weighted by Crippen LogP contribution is -2.44. The molecule has 0 aliphatic carbocycles. The number of hydrogen-bond donors (Lipinski definition) is 1. The smallest absolute Gasteiger partial charge is 0.253 e. The van der Waals surface area contributed by atoms with Crippen LogP contribution in [0.15, 0.2) is 35.2 Å². The number of amides is 1. The number of likely N-dealkylation sites (tertiary alicyclic amines) is 1. The summed E-state index contributed by atoms with van der Waals surface area (Å²) in [7, 11) is 0. The Balaban J connectivity index is 1.38. The monoisotopic (exact) mass is 357 g/mol. The molecule has 0 saturated carbocycles. The standard InChI is InChI=1S/C19H23N3O2S/c23-18(22-8-5-19(6-9-22)4-7-20-13-19)15-2-1-3-17(10-15)24-11-16-12-25-14-21-16/h1-3,10,12,14,20H,4-9,11,13H2. The van der Waals surface area contributed by atoms with Gasteiger partial charge in [-0.05, 0) is 49.4 Å². The van der Waals surface area contributed by atoms with Gasteiger partial charge in [-0.3, -0.25) is 4.79 Å². The molecule has 1 spiro atoms. The Labute approximate surface area is 152 Å². The van der Waals surface area contributed by atoms with E-state index in [9.17, 15) is 4.79 Å². The lowest BCUT2D eigenvalue weighted by molar-refractivity contribution is 0.0607. The third-order valence-electron chi connectivity index (χ3n) is 5.39. The fourth-order valence-electron chi connectivity index (χ4n) is 3.77. The van der Waals surface area contributed by atoms with E-state index in [1.165, 1.54) is 6.42 Å². The highest BCUT2D eigenvalue weighted by molar-refractivity contribution is 7.07. The van der Waals surface area contributed by atoms with Crippen LogP contribution < -0.4 is 10.1 Å². The van der Waals surface area contributed by atoms with Crippen LogP contribution in [0.5, 0.6) is 5.75 Å². The third-order valence-corrected chi connectivity index (χ3v) is 6.03. The molecule has 2 aliphatic rings. The molecule has 3 heterocycles. The minimum Gasteiger partial charge on any atom is -0.487 e. The minimum absolute atomic E-state index is 0.111. The van der Waals surface area contributed by atoms with Gasteiger partial charge in [0.05, 0.1) is 11.2 Å². The third kappa shape index (κ3) is 3.70. The summed E-state index contributed by atoms with van der Waals surface area (Å²) < 4.78 is 5.77. The maximum absolute atomic E-state index is 12.8. The topological polar surface area (TPSA) is 54.5 Å². The predicted molar refractivity (Wildman–Crippen MR) is 97.9 cm³/mol. The molecule has 6 heteroatoms. The molecule has 0 atom stereocenters. The largest absolute Gasteiger partial charge is 0.487 e. The van der Waals surface area contributed by atoms with E-state index < -0.39 is 0 Å². The van der Waals surface area contributed by atoms with Gasteiger partial charge in [-0.1, -0.05) is 6.07 Å². The second kappa shape index (κ2) is 7.14. The second-order valence-electron chi connectivity index (χ2n) is 7.02. The summed E-state index contributed by atoms with van der Waals surface area (Å²) in [5.74, 6) is 0.826. The van der Waals surface area contributed by atoms with E-state index >= 15 is 0 Å². The van der Waals surface area contributed by atoms with Crippen molar-refractivity contribution in [3.8, 4) is 5.75 Å². The van der Waals surface area contributed by atoms with E-state index in [4.69, 9.17) is 4.74 Å². The first-order valence-electron chi connectivity index (χ1n) is 8.84. The van der Waals surface area contributed by atoms with Crippen LogP contribution in [0, 0.1) is 5.41 Å². The molecule has 0 unspecified atom stereocenters. The zero-order chi connectivity index (χ0) is 17.1. The van der Waals surface area contributed by atoms with Crippen LogP contribution in [0.2, 0.25) is 0 Å². The number of piperidine rings is 1. The van der Waals surface area contributed by atoms with Crippen LogP contribution in [-0.2, 0) is 6.61 Å². The number of hydrogen-bond acceptors (Lipinski definition) is 5. The molecule has 1 N–H and O–H groups in total. The van der Waals surface area contributed by atoms with Crippen molar-refractivity contribution < 1.29 is 9.53 Å². The molecule has 5 nitrogen and oxygen atoms in total. The number of aromatic nitrogens is 1. The van der Waals surface area contributed by atoms with Crippen LogP contribution >= 0.6 is 11.3 Å². The summed E-state index contributed by atoms with van der Waals surface area (Å²) >= 11 is 1.55. The van der Waals surface area contributed by atoms with Crippen molar-refractivity contribution in [2.45, 2.75) is 25.9 Å².